The van der Waals surface area contributed by atoms with Crippen LogP contribution in [0.25, 0.3) is 0 Å². The number of amides is 1. The Hall–Kier alpha value is -1.10. The van der Waals surface area contributed by atoms with Gasteiger partial charge in [0, 0.05) is 6.54 Å². The van der Waals surface area contributed by atoms with Crippen LogP contribution in [0.4, 0.5) is 0 Å². The first-order valence-electron chi connectivity index (χ1n) is 6.93. The van der Waals surface area contributed by atoms with Gasteiger partial charge in [-0.05, 0) is 45.2 Å². The highest BCUT2D eigenvalue weighted by Gasteiger charge is 2.32. The summed E-state index contributed by atoms with van der Waals surface area (Å²) in [4.78, 5) is 27.1. The summed E-state index contributed by atoms with van der Waals surface area (Å²) >= 11 is 0. The number of hydrogen-bond donors (Lipinski definition) is 1. The van der Waals surface area contributed by atoms with Crippen LogP contribution in [0, 0.1) is 0 Å². The molecule has 5 nitrogen and oxygen atoms in total. The minimum atomic E-state index is -0.860. The summed E-state index contributed by atoms with van der Waals surface area (Å²) < 4.78 is 0. The van der Waals surface area contributed by atoms with Crippen LogP contribution in [-0.4, -0.2) is 59.0 Å². The van der Waals surface area contributed by atoms with E-state index < -0.39 is 12.0 Å². The van der Waals surface area contributed by atoms with Gasteiger partial charge < -0.3 is 10.0 Å². The summed E-state index contributed by atoms with van der Waals surface area (Å²) in [6, 6.07) is -0.601. The van der Waals surface area contributed by atoms with Crippen molar-refractivity contribution in [2.24, 2.45) is 0 Å². The summed E-state index contributed by atoms with van der Waals surface area (Å²) in [6.45, 7) is 2.93. The smallest absolute Gasteiger partial charge is 0.326 e. The molecular formula is C13H22N2O3. The maximum Gasteiger partial charge on any atom is 0.326 e. The van der Waals surface area contributed by atoms with E-state index >= 15 is 0 Å². The molecule has 0 aromatic heterocycles. The molecule has 2 rings (SSSR count). The number of carbonyl (C=O) groups is 2. The van der Waals surface area contributed by atoms with Gasteiger partial charge in [-0.1, -0.05) is 6.42 Å². The fourth-order valence-corrected chi connectivity index (χ4v) is 2.89. The summed E-state index contributed by atoms with van der Waals surface area (Å²) in [7, 11) is 0. The van der Waals surface area contributed by atoms with Crippen LogP contribution in [0.3, 0.4) is 0 Å². The molecule has 2 aliphatic rings. The minimum absolute atomic E-state index is 0.0102. The molecule has 1 unspecified atom stereocenters. The fourth-order valence-electron chi connectivity index (χ4n) is 2.89. The predicted molar refractivity (Wildman–Crippen MR) is 67.3 cm³/mol. The molecule has 2 aliphatic heterocycles. The first-order valence-corrected chi connectivity index (χ1v) is 6.93. The second kappa shape index (κ2) is 6.18. The van der Waals surface area contributed by atoms with Crippen molar-refractivity contribution < 1.29 is 14.7 Å². The summed E-state index contributed by atoms with van der Waals surface area (Å²) in [5, 5.41) is 9.16. The van der Waals surface area contributed by atoms with Crippen molar-refractivity contribution in [1.82, 2.24) is 9.80 Å². The second-order valence-electron chi connectivity index (χ2n) is 5.27. The van der Waals surface area contributed by atoms with Crippen molar-refractivity contribution >= 4 is 11.9 Å². The average molecular weight is 254 g/mol. The van der Waals surface area contributed by atoms with Gasteiger partial charge in [0.1, 0.15) is 6.04 Å². The van der Waals surface area contributed by atoms with Gasteiger partial charge in [0.05, 0.1) is 6.54 Å². The number of likely N-dealkylation sites (tertiary alicyclic amines) is 2. The van der Waals surface area contributed by atoms with Crippen LogP contribution in [-0.2, 0) is 9.59 Å². The molecule has 5 heteroatoms. The third-order valence-corrected chi connectivity index (χ3v) is 3.92. The lowest BCUT2D eigenvalue weighted by Crippen LogP contribution is -2.51. The van der Waals surface area contributed by atoms with Crippen molar-refractivity contribution in [3.63, 3.8) is 0 Å². The van der Waals surface area contributed by atoms with Crippen molar-refractivity contribution in [1.29, 1.82) is 0 Å². The fraction of sp³-hybridized carbons (Fsp3) is 0.846. The molecule has 1 N–H and O–H groups in total. The van der Waals surface area contributed by atoms with E-state index in [2.05, 4.69) is 4.90 Å². The molecule has 0 radical (unpaired) electrons. The maximum atomic E-state index is 12.2. The van der Waals surface area contributed by atoms with Crippen molar-refractivity contribution in [3.05, 3.63) is 0 Å². The standard InChI is InChI=1S/C13H22N2O3/c16-12(10-14-7-3-1-4-8-14)15-9-5-2-6-11(15)13(17)18/h11H,1-10H2,(H,17,18). The van der Waals surface area contributed by atoms with Gasteiger partial charge in [-0.15, -0.1) is 0 Å². The van der Waals surface area contributed by atoms with Gasteiger partial charge in [0.15, 0.2) is 0 Å². The molecule has 1 atom stereocenters. The Bertz CT molecular complexity index is 313. The first-order chi connectivity index (χ1) is 8.68. The lowest BCUT2D eigenvalue weighted by atomic mass is 10.0. The van der Waals surface area contributed by atoms with E-state index in [-0.39, 0.29) is 5.91 Å². The predicted octanol–water partition coefficient (Wildman–Crippen LogP) is 0.938. The molecule has 0 aromatic carbocycles. The van der Waals surface area contributed by atoms with Gasteiger partial charge in [-0.3, -0.25) is 9.69 Å². The van der Waals surface area contributed by atoms with Crippen molar-refractivity contribution in [3.8, 4) is 0 Å². The number of hydrogen-bond acceptors (Lipinski definition) is 3. The van der Waals surface area contributed by atoms with E-state index in [1.54, 1.807) is 4.90 Å². The monoisotopic (exact) mass is 254 g/mol. The van der Waals surface area contributed by atoms with Gasteiger partial charge in [-0.2, -0.15) is 0 Å². The number of carbonyl (C=O) groups excluding carboxylic acids is 1. The molecule has 2 heterocycles. The van der Waals surface area contributed by atoms with Crippen LogP contribution in [0.5, 0.6) is 0 Å². The molecule has 1 amide bonds. The third-order valence-electron chi connectivity index (χ3n) is 3.92. The van der Waals surface area contributed by atoms with Gasteiger partial charge in [0.2, 0.25) is 5.91 Å². The van der Waals surface area contributed by atoms with E-state index in [9.17, 15) is 9.59 Å². The molecule has 2 saturated heterocycles. The summed E-state index contributed by atoms with van der Waals surface area (Å²) in [6.07, 6.45) is 5.97. The quantitative estimate of drug-likeness (QED) is 0.814. The van der Waals surface area contributed by atoms with Crippen LogP contribution in [0.1, 0.15) is 38.5 Å². The van der Waals surface area contributed by atoms with E-state index in [4.69, 9.17) is 5.11 Å². The van der Waals surface area contributed by atoms with Crippen LogP contribution >= 0.6 is 0 Å². The molecule has 0 bridgehead atoms. The Morgan fingerprint density at radius 1 is 1.00 bits per heavy atom. The second-order valence-corrected chi connectivity index (χ2v) is 5.27. The molecule has 0 saturated carbocycles. The number of carboxylic acids is 1. The molecule has 102 valence electrons. The highest BCUT2D eigenvalue weighted by molar-refractivity contribution is 5.85. The van der Waals surface area contributed by atoms with Gasteiger partial charge in [0.25, 0.3) is 0 Å². The van der Waals surface area contributed by atoms with Crippen LogP contribution < -0.4 is 0 Å². The zero-order chi connectivity index (χ0) is 13.0. The molecule has 0 aliphatic carbocycles. The zero-order valence-corrected chi connectivity index (χ0v) is 10.8. The van der Waals surface area contributed by atoms with Crippen molar-refractivity contribution in [2.75, 3.05) is 26.2 Å². The number of carboxylic acid groups (broad SMARTS) is 1. The van der Waals surface area contributed by atoms with E-state index in [0.717, 1.165) is 38.8 Å². The lowest BCUT2D eigenvalue weighted by Gasteiger charge is -2.35. The molecular weight excluding hydrogens is 232 g/mol. The largest absolute Gasteiger partial charge is 0.480 e. The Labute approximate surface area is 108 Å². The summed E-state index contributed by atoms with van der Waals surface area (Å²) in [5.74, 6) is -0.870. The van der Waals surface area contributed by atoms with Crippen LogP contribution in [0.2, 0.25) is 0 Å². The molecule has 18 heavy (non-hydrogen) atoms. The Morgan fingerprint density at radius 3 is 2.33 bits per heavy atom. The van der Waals surface area contributed by atoms with E-state index in [1.807, 2.05) is 0 Å². The number of aliphatic carboxylic acids is 1. The normalized spacial score (nSPS) is 26.0. The molecule has 0 aromatic rings. The van der Waals surface area contributed by atoms with Gasteiger partial charge in [-0.25, -0.2) is 4.79 Å². The highest BCUT2D eigenvalue weighted by atomic mass is 16.4. The third kappa shape index (κ3) is 3.22. The maximum absolute atomic E-state index is 12.2. The number of rotatable bonds is 3. The van der Waals surface area contributed by atoms with E-state index in [0.29, 0.717) is 19.5 Å². The topological polar surface area (TPSA) is 60.9 Å². The SMILES string of the molecule is O=C(O)C1CCCCN1C(=O)CN1CCCCC1. The molecule has 0 spiro atoms. The Morgan fingerprint density at radius 2 is 1.67 bits per heavy atom. The van der Waals surface area contributed by atoms with Crippen LogP contribution in [0.15, 0.2) is 0 Å². The zero-order valence-electron chi connectivity index (χ0n) is 10.8. The Kier molecular flexibility index (Phi) is 4.58. The van der Waals surface area contributed by atoms with Gasteiger partial charge >= 0.3 is 5.97 Å². The molecule has 2 fully saturated rings. The lowest BCUT2D eigenvalue weighted by molar-refractivity contribution is -0.152. The minimum Gasteiger partial charge on any atom is -0.480 e. The van der Waals surface area contributed by atoms with E-state index in [1.165, 1.54) is 6.42 Å². The number of nitrogens with zero attached hydrogens (tertiary/aromatic N) is 2. The number of piperidine rings is 2. The Balaban J connectivity index is 1.91. The first kappa shape index (κ1) is 13.3. The van der Waals surface area contributed by atoms with Crippen molar-refractivity contribution in [2.45, 2.75) is 44.6 Å². The average Bonchev–Trinajstić information content (AvgIpc) is 2.40. The summed E-state index contributed by atoms with van der Waals surface area (Å²) in [5.41, 5.74) is 0. The highest BCUT2D eigenvalue weighted by Crippen LogP contribution is 2.18.